The molecule has 4 nitrogen and oxygen atoms in total. The van der Waals surface area contributed by atoms with E-state index in [2.05, 4.69) is 17.2 Å². The quantitative estimate of drug-likeness (QED) is 0.717. The Hall–Kier alpha value is -2.17. The molecular weight excluding hydrogens is 335 g/mol. The third-order valence-electron chi connectivity index (χ3n) is 2.82. The average molecular weight is 351 g/mol. The standard InChI is InChI=1S/C17H16Cl2N2O2/c1-2-7-23-16-5-3-14(4-6-16)21-17(22)11-20-15-9-12(18)8-13(19)10-15/h2-6,8-10,20H,1,7,11H2,(H,21,22). The number of amides is 1. The van der Waals surface area contributed by atoms with E-state index in [0.717, 1.165) is 5.75 Å². The lowest BCUT2D eigenvalue weighted by molar-refractivity contribution is -0.114. The molecule has 0 unspecified atom stereocenters. The van der Waals surface area contributed by atoms with Crippen LogP contribution < -0.4 is 15.4 Å². The number of rotatable bonds is 7. The number of ether oxygens (including phenoxy) is 1. The number of halogens is 2. The maximum absolute atomic E-state index is 11.9. The number of hydrogen-bond donors (Lipinski definition) is 2. The van der Waals surface area contributed by atoms with Crippen molar-refractivity contribution in [1.82, 2.24) is 0 Å². The molecule has 23 heavy (non-hydrogen) atoms. The Balaban J connectivity index is 1.85. The number of carbonyl (C=O) groups is 1. The first kappa shape index (κ1) is 17.2. The molecule has 0 fully saturated rings. The van der Waals surface area contributed by atoms with Crippen LogP contribution in [0.5, 0.6) is 5.75 Å². The van der Waals surface area contributed by atoms with Gasteiger partial charge in [-0.2, -0.15) is 0 Å². The molecule has 6 heteroatoms. The molecule has 0 atom stereocenters. The molecule has 0 aliphatic carbocycles. The Labute approximate surface area is 145 Å². The van der Waals surface area contributed by atoms with Crippen molar-refractivity contribution in [3.63, 3.8) is 0 Å². The second kappa shape index (κ2) is 8.46. The molecule has 2 aromatic rings. The Morgan fingerprint density at radius 1 is 1.09 bits per heavy atom. The van der Waals surface area contributed by atoms with Crippen LogP contribution >= 0.6 is 23.2 Å². The topological polar surface area (TPSA) is 50.4 Å². The number of benzene rings is 2. The molecule has 2 rings (SSSR count). The van der Waals surface area contributed by atoms with E-state index in [9.17, 15) is 4.79 Å². The van der Waals surface area contributed by atoms with Gasteiger partial charge in [0.25, 0.3) is 0 Å². The molecule has 0 aliphatic heterocycles. The highest BCUT2D eigenvalue weighted by Gasteiger charge is 2.04. The number of carbonyl (C=O) groups excluding carboxylic acids is 1. The van der Waals surface area contributed by atoms with Crippen molar-refractivity contribution >= 4 is 40.5 Å². The van der Waals surface area contributed by atoms with Gasteiger partial charge in [0.1, 0.15) is 12.4 Å². The van der Waals surface area contributed by atoms with E-state index < -0.39 is 0 Å². The summed E-state index contributed by atoms with van der Waals surface area (Å²) in [6.07, 6.45) is 1.67. The Morgan fingerprint density at radius 2 is 1.74 bits per heavy atom. The van der Waals surface area contributed by atoms with Crippen LogP contribution in [0.2, 0.25) is 10.0 Å². The number of anilines is 2. The largest absolute Gasteiger partial charge is 0.490 e. The lowest BCUT2D eigenvalue weighted by Crippen LogP contribution is -2.21. The molecule has 1 amide bonds. The summed E-state index contributed by atoms with van der Waals surface area (Å²) in [6, 6.07) is 12.1. The average Bonchev–Trinajstić information content (AvgIpc) is 2.51. The SMILES string of the molecule is C=CCOc1ccc(NC(=O)CNc2cc(Cl)cc(Cl)c2)cc1. The van der Waals surface area contributed by atoms with Crippen LogP contribution in [0.4, 0.5) is 11.4 Å². The van der Waals surface area contributed by atoms with Crippen LogP contribution in [0, 0.1) is 0 Å². The van der Waals surface area contributed by atoms with Crippen LogP contribution in [0.3, 0.4) is 0 Å². The second-order valence-corrected chi connectivity index (χ2v) is 5.56. The monoisotopic (exact) mass is 350 g/mol. The first-order valence-corrected chi connectivity index (χ1v) is 7.66. The summed E-state index contributed by atoms with van der Waals surface area (Å²) >= 11 is 11.8. The lowest BCUT2D eigenvalue weighted by Gasteiger charge is -2.09. The summed E-state index contributed by atoms with van der Waals surface area (Å²) in [4.78, 5) is 11.9. The summed E-state index contributed by atoms with van der Waals surface area (Å²) in [5.41, 5.74) is 1.37. The number of nitrogens with one attached hydrogen (secondary N) is 2. The first-order valence-electron chi connectivity index (χ1n) is 6.90. The molecule has 2 aromatic carbocycles. The highest BCUT2D eigenvalue weighted by Crippen LogP contribution is 2.22. The fraction of sp³-hybridized carbons (Fsp3) is 0.118. The van der Waals surface area contributed by atoms with Crippen molar-refractivity contribution in [2.24, 2.45) is 0 Å². The van der Waals surface area contributed by atoms with Crippen molar-refractivity contribution < 1.29 is 9.53 Å². The van der Waals surface area contributed by atoms with E-state index in [-0.39, 0.29) is 12.5 Å². The maximum Gasteiger partial charge on any atom is 0.243 e. The van der Waals surface area contributed by atoms with Crippen molar-refractivity contribution in [1.29, 1.82) is 0 Å². The molecule has 0 bridgehead atoms. The normalized spacial score (nSPS) is 10.0. The van der Waals surface area contributed by atoms with Gasteiger partial charge in [0.2, 0.25) is 5.91 Å². The Bertz CT molecular complexity index is 667. The molecule has 0 aromatic heterocycles. The van der Waals surface area contributed by atoms with E-state index >= 15 is 0 Å². The van der Waals surface area contributed by atoms with Gasteiger partial charge in [0, 0.05) is 21.4 Å². The van der Waals surface area contributed by atoms with E-state index in [0.29, 0.717) is 28.0 Å². The minimum Gasteiger partial charge on any atom is -0.490 e. The molecule has 0 saturated heterocycles. The zero-order chi connectivity index (χ0) is 16.7. The van der Waals surface area contributed by atoms with Crippen molar-refractivity contribution in [3.05, 3.63) is 65.2 Å². The molecular formula is C17H16Cl2N2O2. The molecule has 120 valence electrons. The van der Waals surface area contributed by atoms with Gasteiger partial charge in [0.15, 0.2) is 0 Å². The van der Waals surface area contributed by atoms with Gasteiger partial charge >= 0.3 is 0 Å². The van der Waals surface area contributed by atoms with Gasteiger partial charge in [-0.25, -0.2) is 0 Å². The van der Waals surface area contributed by atoms with Crippen molar-refractivity contribution in [2.45, 2.75) is 0 Å². The third kappa shape index (κ3) is 5.85. The number of hydrogen-bond acceptors (Lipinski definition) is 3. The third-order valence-corrected chi connectivity index (χ3v) is 3.26. The molecule has 2 N–H and O–H groups in total. The van der Waals surface area contributed by atoms with Gasteiger partial charge in [-0.15, -0.1) is 0 Å². The van der Waals surface area contributed by atoms with Gasteiger partial charge in [-0.1, -0.05) is 35.9 Å². The molecule has 0 radical (unpaired) electrons. The Morgan fingerprint density at radius 3 is 2.35 bits per heavy atom. The van der Waals surface area contributed by atoms with E-state index in [1.165, 1.54) is 0 Å². The lowest BCUT2D eigenvalue weighted by atomic mass is 10.3. The summed E-state index contributed by atoms with van der Waals surface area (Å²) < 4.78 is 5.37. The zero-order valence-electron chi connectivity index (χ0n) is 12.3. The summed E-state index contributed by atoms with van der Waals surface area (Å²) in [6.45, 7) is 4.13. The first-order chi connectivity index (χ1) is 11.1. The molecule has 0 heterocycles. The van der Waals surface area contributed by atoms with Crippen molar-refractivity contribution in [2.75, 3.05) is 23.8 Å². The van der Waals surface area contributed by atoms with E-state index in [1.54, 1.807) is 48.5 Å². The minimum absolute atomic E-state index is 0.103. The van der Waals surface area contributed by atoms with Crippen LogP contribution in [0.1, 0.15) is 0 Å². The van der Waals surface area contributed by atoms with Gasteiger partial charge in [0.05, 0.1) is 6.54 Å². The summed E-state index contributed by atoms with van der Waals surface area (Å²) in [5.74, 6) is 0.537. The fourth-order valence-corrected chi connectivity index (χ4v) is 2.36. The molecule has 0 spiro atoms. The zero-order valence-corrected chi connectivity index (χ0v) is 13.8. The van der Waals surface area contributed by atoms with Gasteiger partial charge in [-0.05, 0) is 42.5 Å². The predicted octanol–water partition coefficient (Wildman–Crippen LogP) is 4.61. The fourth-order valence-electron chi connectivity index (χ4n) is 1.83. The summed E-state index contributed by atoms with van der Waals surface area (Å²) in [5, 5.41) is 6.77. The van der Waals surface area contributed by atoms with Gasteiger partial charge in [-0.3, -0.25) is 4.79 Å². The maximum atomic E-state index is 11.9. The highest BCUT2D eigenvalue weighted by molar-refractivity contribution is 6.35. The van der Waals surface area contributed by atoms with Crippen LogP contribution in [-0.2, 0) is 4.79 Å². The second-order valence-electron chi connectivity index (χ2n) is 4.68. The molecule has 0 saturated carbocycles. The van der Waals surface area contributed by atoms with E-state index in [1.807, 2.05) is 0 Å². The van der Waals surface area contributed by atoms with Gasteiger partial charge < -0.3 is 15.4 Å². The Kier molecular flexibility index (Phi) is 6.32. The van der Waals surface area contributed by atoms with Crippen LogP contribution in [0.25, 0.3) is 0 Å². The van der Waals surface area contributed by atoms with Crippen LogP contribution in [-0.4, -0.2) is 19.1 Å². The highest BCUT2D eigenvalue weighted by atomic mass is 35.5. The minimum atomic E-state index is -0.180. The smallest absolute Gasteiger partial charge is 0.243 e. The molecule has 0 aliphatic rings. The van der Waals surface area contributed by atoms with Crippen molar-refractivity contribution in [3.8, 4) is 5.75 Å². The van der Waals surface area contributed by atoms with Crippen LogP contribution in [0.15, 0.2) is 55.1 Å². The predicted molar refractivity (Wildman–Crippen MR) is 95.7 cm³/mol. The van der Waals surface area contributed by atoms with E-state index in [4.69, 9.17) is 27.9 Å². The summed E-state index contributed by atoms with van der Waals surface area (Å²) in [7, 11) is 0.